The summed E-state index contributed by atoms with van der Waals surface area (Å²) in [7, 11) is 1.27. The molecule has 0 spiro atoms. The summed E-state index contributed by atoms with van der Waals surface area (Å²) >= 11 is 0. The van der Waals surface area contributed by atoms with Gasteiger partial charge in [0.15, 0.2) is 6.10 Å². The molecule has 7 heteroatoms. The maximum atomic E-state index is 10.8. The van der Waals surface area contributed by atoms with Crippen molar-refractivity contribution >= 4 is 11.9 Å². The number of carboxylic acids is 1. The van der Waals surface area contributed by atoms with Crippen molar-refractivity contribution in [2.75, 3.05) is 7.11 Å². The zero-order chi connectivity index (χ0) is 13.9. The fourth-order valence-electron chi connectivity index (χ4n) is 1.41. The van der Waals surface area contributed by atoms with Gasteiger partial charge in [-0.2, -0.15) is 0 Å². The average Bonchev–Trinajstić information content (AvgIpc) is 2.35. The Morgan fingerprint density at radius 2 is 1.94 bits per heavy atom. The van der Waals surface area contributed by atoms with Crippen LogP contribution in [-0.2, 0) is 4.79 Å². The zero-order valence-electron chi connectivity index (χ0n) is 9.53. The number of aromatic carboxylic acids is 1. The van der Waals surface area contributed by atoms with Crippen LogP contribution in [0.5, 0.6) is 5.75 Å². The summed E-state index contributed by atoms with van der Waals surface area (Å²) in [5.74, 6) is -2.21. The van der Waals surface area contributed by atoms with Crippen molar-refractivity contribution < 1.29 is 29.6 Å². The molecule has 18 heavy (non-hydrogen) atoms. The van der Waals surface area contributed by atoms with Crippen molar-refractivity contribution in [1.29, 1.82) is 0 Å². The molecule has 0 aliphatic rings. The fourth-order valence-corrected chi connectivity index (χ4v) is 1.41. The molecule has 0 radical (unpaired) electrons. The van der Waals surface area contributed by atoms with E-state index in [1.807, 2.05) is 0 Å². The van der Waals surface area contributed by atoms with Gasteiger partial charge in [0.2, 0.25) is 5.91 Å². The van der Waals surface area contributed by atoms with Crippen LogP contribution < -0.4 is 10.5 Å². The first-order chi connectivity index (χ1) is 8.38. The van der Waals surface area contributed by atoms with E-state index in [9.17, 15) is 19.8 Å². The van der Waals surface area contributed by atoms with E-state index >= 15 is 0 Å². The summed E-state index contributed by atoms with van der Waals surface area (Å²) in [6.45, 7) is 0. The minimum absolute atomic E-state index is 0.0442. The molecule has 5 N–H and O–H groups in total. The summed E-state index contributed by atoms with van der Waals surface area (Å²) in [6, 6.07) is 3.64. The number of carbonyl (C=O) groups excluding carboxylic acids is 1. The van der Waals surface area contributed by atoms with Crippen molar-refractivity contribution in [2.24, 2.45) is 5.73 Å². The number of hydrogen-bond acceptors (Lipinski definition) is 5. The van der Waals surface area contributed by atoms with Crippen molar-refractivity contribution in [3.63, 3.8) is 0 Å². The van der Waals surface area contributed by atoms with Gasteiger partial charge in [-0.1, -0.05) is 6.07 Å². The maximum Gasteiger partial charge on any atom is 0.335 e. The van der Waals surface area contributed by atoms with Gasteiger partial charge in [0.25, 0.3) is 0 Å². The minimum atomic E-state index is -1.80. The Balaban J connectivity index is 3.16. The Morgan fingerprint density at radius 1 is 1.33 bits per heavy atom. The number of ether oxygens (including phenoxy) is 1. The molecule has 0 aliphatic heterocycles. The van der Waals surface area contributed by atoms with Gasteiger partial charge in [0.1, 0.15) is 11.9 Å². The molecule has 1 amide bonds. The monoisotopic (exact) mass is 255 g/mol. The number of methoxy groups -OCH3 is 1. The predicted octanol–water partition coefficient (Wildman–Crippen LogP) is -0.727. The lowest BCUT2D eigenvalue weighted by Gasteiger charge is -2.18. The largest absolute Gasteiger partial charge is 0.496 e. The van der Waals surface area contributed by atoms with Crippen molar-refractivity contribution in [2.45, 2.75) is 12.2 Å². The van der Waals surface area contributed by atoms with Gasteiger partial charge in [-0.25, -0.2) is 4.79 Å². The highest BCUT2D eigenvalue weighted by Gasteiger charge is 2.26. The van der Waals surface area contributed by atoms with Crippen LogP contribution in [0.1, 0.15) is 22.0 Å². The summed E-state index contributed by atoms with van der Waals surface area (Å²) in [5.41, 5.74) is 4.89. The molecule has 1 aromatic rings. The number of carboxylic acid groups (broad SMARTS) is 1. The Morgan fingerprint density at radius 3 is 2.39 bits per heavy atom. The van der Waals surface area contributed by atoms with E-state index < -0.39 is 24.1 Å². The highest BCUT2D eigenvalue weighted by molar-refractivity contribution is 5.88. The summed E-state index contributed by atoms with van der Waals surface area (Å²) < 4.78 is 4.90. The summed E-state index contributed by atoms with van der Waals surface area (Å²) in [5, 5.41) is 27.9. The van der Waals surface area contributed by atoms with Crippen LogP contribution >= 0.6 is 0 Å². The van der Waals surface area contributed by atoms with Gasteiger partial charge >= 0.3 is 5.97 Å². The maximum absolute atomic E-state index is 10.8. The van der Waals surface area contributed by atoms with Gasteiger partial charge in [-0.05, 0) is 12.1 Å². The molecule has 0 saturated carbocycles. The predicted molar refractivity (Wildman–Crippen MR) is 60.1 cm³/mol. The Labute approximate surface area is 102 Å². The first-order valence-corrected chi connectivity index (χ1v) is 4.95. The lowest BCUT2D eigenvalue weighted by atomic mass is 10.0. The molecule has 1 aromatic carbocycles. The molecule has 2 unspecified atom stereocenters. The number of carbonyl (C=O) groups is 2. The molecule has 7 nitrogen and oxygen atoms in total. The van der Waals surface area contributed by atoms with Gasteiger partial charge in [-0.15, -0.1) is 0 Å². The Hall–Kier alpha value is -2.12. The first kappa shape index (κ1) is 13.9. The number of primary amides is 1. The second-order valence-electron chi connectivity index (χ2n) is 3.55. The van der Waals surface area contributed by atoms with Crippen LogP contribution in [0.15, 0.2) is 18.2 Å². The third-order valence-corrected chi connectivity index (χ3v) is 2.39. The fraction of sp³-hybridized carbons (Fsp3) is 0.273. The van der Waals surface area contributed by atoms with Crippen LogP contribution in [0.2, 0.25) is 0 Å². The van der Waals surface area contributed by atoms with Crippen LogP contribution in [0.25, 0.3) is 0 Å². The minimum Gasteiger partial charge on any atom is -0.496 e. The van der Waals surface area contributed by atoms with Gasteiger partial charge in [0, 0.05) is 5.56 Å². The highest BCUT2D eigenvalue weighted by Crippen LogP contribution is 2.28. The third kappa shape index (κ3) is 2.76. The normalized spacial score (nSPS) is 13.7. The van der Waals surface area contributed by atoms with Crippen LogP contribution in [0.3, 0.4) is 0 Å². The van der Waals surface area contributed by atoms with Crippen LogP contribution in [0, 0.1) is 0 Å². The van der Waals surface area contributed by atoms with Crippen LogP contribution in [0.4, 0.5) is 0 Å². The smallest absolute Gasteiger partial charge is 0.335 e. The molecule has 98 valence electrons. The number of benzene rings is 1. The van der Waals surface area contributed by atoms with Crippen molar-refractivity contribution in [3.05, 3.63) is 29.3 Å². The second-order valence-corrected chi connectivity index (χ2v) is 3.55. The van der Waals surface area contributed by atoms with E-state index in [4.69, 9.17) is 15.6 Å². The van der Waals surface area contributed by atoms with E-state index in [-0.39, 0.29) is 16.9 Å². The van der Waals surface area contributed by atoms with Gasteiger partial charge in [0.05, 0.1) is 12.7 Å². The number of amides is 1. The standard InChI is InChI=1S/C11H13NO6/c1-18-7-4-5(11(16)17)2-3-6(7)8(13)9(14)10(12)15/h2-4,8-9,13-14H,1H3,(H2,12,15)(H,16,17). The third-order valence-electron chi connectivity index (χ3n) is 2.39. The molecule has 2 atom stereocenters. The molecule has 0 aromatic heterocycles. The zero-order valence-corrected chi connectivity index (χ0v) is 9.53. The lowest BCUT2D eigenvalue weighted by molar-refractivity contribution is -0.132. The number of hydrogen-bond donors (Lipinski definition) is 4. The number of aliphatic hydroxyl groups is 2. The van der Waals surface area contributed by atoms with Gasteiger partial charge < -0.3 is 25.8 Å². The van der Waals surface area contributed by atoms with E-state index in [2.05, 4.69) is 0 Å². The van der Waals surface area contributed by atoms with Crippen molar-refractivity contribution in [3.8, 4) is 5.75 Å². The molecule has 1 rings (SSSR count). The SMILES string of the molecule is COc1cc(C(=O)O)ccc1C(O)C(O)C(N)=O. The quantitative estimate of drug-likeness (QED) is 0.549. The Bertz CT molecular complexity index is 473. The molecule has 0 saturated heterocycles. The second kappa shape index (κ2) is 5.48. The van der Waals surface area contributed by atoms with E-state index in [0.717, 1.165) is 0 Å². The molecular weight excluding hydrogens is 242 g/mol. The van der Waals surface area contributed by atoms with Crippen molar-refractivity contribution in [1.82, 2.24) is 0 Å². The molecule has 0 aliphatic carbocycles. The molecule has 0 bridgehead atoms. The summed E-state index contributed by atoms with van der Waals surface area (Å²) in [6.07, 6.45) is -3.38. The number of aliphatic hydroxyl groups excluding tert-OH is 2. The van der Waals surface area contributed by atoms with Gasteiger partial charge in [-0.3, -0.25) is 4.79 Å². The first-order valence-electron chi connectivity index (χ1n) is 4.95. The van der Waals surface area contributed by atoms with E-state index in [1.165, 1.54) is 25.3 Å². The molecular formula is C11H13NO6. The Kier molecular flexibility index (Phi) is 4.24. The van der Waals surface area contributed by atoms with E-state index in [0.29, 0.717) is 0 Å². The highest BCUT2D eigenvalue weighted by atomic mass is 16.5. The summed E-state index contributed by atoms with van der Waals surface area (Å²) in [4.78, 5) is 21.5. The number of nitrogens with two attached hydrogens (primary N) is 1. The van der Waals surface area contributed by atoms with E-state index in [1.54, 1.807) is 0 Å². The molecule has 0 fully saturated rings. The topological polar surface area (TPSA) is 130 Å². The molecule has 0 heterocycles. The van der Waals surface area contributed by atoms with Crippen LogP contribution in [-0.4, -0.2) is 40.4 Å². The lowest BCUT2D eigenvalue weighted by Crippen LogP contribution is -2.34. The number of rotatable bonds is 5. The average molecular weight is 255 g/mol.